The summed E-state index contributed by atoms with van der Waals surface area (Å²) in [6.07, 6.45) is 0.438. The van der Waals surface area contributed by atoms with Crippen molar-refractivity contribution in [3.05, 3.63) is 23.3 Å². The first kappa shape index (κ1) is 26.4. The number of likely N-dealkylation sites (N-methyl/N-ethyl adjacent to an activating group) is 2. The number of primary amides is 1. The van der Waals surface area contributed by atoms with E-state index in [1.807, 2.05) is 0 Å². The van der Waals surface area contributed by atoms with Crippen molar-refractivity contribution in [2.75, 3.05) is 33.5 Å². The van der Waals surface area contributed by atoms with E-state index in [0.29, 0.717) is 17.5 Å². The number of nitrogens with zero attached hydrogens (tertiary/aromatic N) is 2. The summed E-state index contributed by atoms with van der Waals surface area (Å²) in [6.45, 7) is 0. The van der Waals surface area contributed by atoms with Gasteiger partial charge in [-0.3, -0.25) is 33.7 Å². The number of phenols is 1. The number of aliphatic hydroxyl groups is 1. The standard InChI is InChI=1S/C25H30N4O8/c1-28(2)17-14-8-11-7-10-5-6-15(27-23(35)24(36)29(3)4)18(30)12(10)9-13(11)20(32)25(14,37)21(33)16(19(17)31)22(26)34/h5-6,11,13-14,16-17,30,37H,7-9H2,1-4H3,(H2,26,34)(H,27,35)/t11?,13?,14?,16?,17-,25?/m0/s1. The number of anilines is 1. The molecule has 0 aromatic heterocycles. The number of amides is 3. The number of ketones is 3. The van der Waals surface area contributed by atoms with Gasteiger partial charge in [-0.2, -0.15) is 0 Å². The van der Waals surface area contributed by atoms with Crippen LogP contribution < -0.4 is 11.1 Å². The minimum absolute atomic E-state index is 0.0157. The van der Waals surface area contributed by atoms with Crippen LogP contribution in [0, 0.1) is 23.7 Å². The molecule has 198 valence electrons. The summed E-state index contributed by atoms with van der Waals surface area (Å²) in [5, 5.41) is 24.8. The van der Waals surface area contributed by atoms with E-state index in [4.69, 9.17) is 5.73 Å². The molecule has 0 spiro atoms. The molecule has 0 radical (unpaired) electrons. The van der Waals surface area contributed by atoms with Crippen molar-refractivity contribution in [2.45, 2.75) is 30.9 Å². The molecule has 4 rings (SSSR count). The molecular formula is C25H30N4O8. The Labute approximate surface area is 212 Å². The zero-order valence-electron chi connectivity index (χ0n) is 21.0. The molecule has 0 aliphatic heterocycles. The van der Waals surface area contributed by atoms with E-state index in [1.165, 1.54) is 25.1 Å². The van der Waals surface area contributed by atoms with Gasteiger partial charge in [-0.1, -0.05) is 6.07 Å². The summed E-state index contributed by atoms with van der Waals surface area (Å²) in [5.41, 5.74) is 3.79. The maximum atomic E-state index is 13.8. The zero-order valence-corrected chi connectivity index (χ0v) is 21.0. The van der Waals surface area contributed by atoms with Crippen LogP contribution in [-0.4, -0.2) is 94.9 Å². The van der Waals surface area contributed by atoms with Gasteiger partial charge in [0.15, 0.2) is 28.9 Å². The second kappa shape index (κ2) is 9.03. The van der Waals surface area contributed by atoms with Crippen molar-refractivity contribution < 1.29 is 39.0 Å². The Morgan fingerprint density at radius 3 is 2.27 bits per heavy atom. The molecule has 6 atom stereocenters. The highest BCUT2D eigenvalue weighted by Gasteiger charge is 2.68. The number of carbonyl (C=O) groups excluding carboxylic acids is 6. The van der Waals surface area contributed by atoms with Gasteiger partial charge in [0.05, 0.1) is 11.7 Å². The van der Waals surface area contributed by atoms with Gasteiger partial charge in [-0.15, -0.1) is 0 Å². The number of carbonyl (C=O) groups is 6. The fourth-order valence-electron chi connectivity index (χ4n) is 6.17. The smallest absolute Gasteiger partial charge is 0.313 e. The van der Waals surface area contributed by atoms with Crippen molar-refractivity contribution in [3.63, 3.8) is 0 Å². The van der Waals surface area contributed by atoms with Gasteiger partial charge in [0.25, 0.3) is 0 Å². The van der Waals surface area contributed by atoms with E-state index < -0.39 is 64.5 Å². The average Bonchev–Trinajstić information content (AvgIpc) is 2.81. The number of hydrogen-bond donors (Lipinski definition) is 4. The number of aromatic hydroxyl groups is 1. The maximum Gasteiger partial charge on any atom is 0.313 e. The molecule has 12 nitrogen and oxygen atoms in total. The third-order valence-electron chi connectivity index (χ3n) is 7.95. The molecule has 3 aliphatic carbocycles. The minimum atomic E-state index is -2.58. The highest BCUT2D eigenvalue weighted by atomic mass is 16.3. The van der Waals surface area contributed by atoms with Crippen LogP contribution >= 0.6 is 0 Å². The number of fused-ring (bicyclic) bond motifs is 3. The molecular weight excluding hydrogens is 484 g/mol. The quantitative estimate of drug-likeness (QED) is 0.206. The van der Waals surface area contributed by atoms with Crippen molar-refractivity contribution in [1.29, 1.82) is 0 Å². The maximum absolute atomic E-state index is 13.8. The molecule has 2 saturated carbocycles. The van der Waals surface area contributed by atoms with Crippen molar-refractivity contribution in [3.8, 4) is 5.75 Å². The summed E-state index contributed by atoms with van der Waals surface area (Å²) in [7, 11) is 5.95. The zero-order chi connectivity index (χ0) is 27.6. The van der Waals surface area contributed by atoms with Crippen LogP contribution in [0.4, 0.5) is 5.69 Å². The summed E-state index contributed by atoms with van der Waals surface area (Å²) in [5.74, 6) is -10.3. The second-order valence-corrected chi connectivity index (χ2v) is 10.5. The van der Waals surface area contributed by atoms with Crippen molar-refractivity contribution >= 4 is 40.8 Å². The summed E-state index contributed by atoms with van der Waals surface area (Å²) < 4.78 is 0. The molecule has 5 unspecified atom stereocenters. The van der Waals surface area contributed by atoms with Crippen LogP contribution in [0.25, 0.3) is 0 Å². The van der Waals surface area contributed by atoms with E-state index in [9.17, 15) is 39.0 Å². The molecule has 5 N–H and O–H groups in total. The number of nitrogens with two attached hydrogens (primary N) is 1. The Bertz CT molecular complexity index is 1240. The number of Topliss-reactive ketones (excluding diaryl/α,β-unsaturated/α-hetero) is 3. The Hall–Kier alpha value is -3.64. The topological polar surface area (TPSA) is 187 Å². The Balaban J connectivity index is 1.72. The first-order chi connectivity index (χ1) is 17.2. The van der Waals surface area contributed by atoms with Gasteiger partial charge >= 0.3 is 11.8 Å². The largest absolute Gasteiger partial charge is 0.505 e. The molecule has 1 aromatic carbocycles. The van der Waals surface area contributed by atoms with Gasteiger partial charge in [0.2, 0.25) is 5.91 Å². The molecule has 0 bridgehead atoms. The van der Waals surface area contributed by atoms with Crippen LogP contribution in [0.15, 0.2) is 12.1 Å². The first-order valence-corrected chi connectivity index (χ1v) is 11.9. The summed E-state index contributed by atoms with van der Waals surface area (Å²) in [4.78, 5) is 78.8. The summed E-state index contributed by atoms with van der Waals surface area (Å²) in [6, 6.07) is 2.08. The second-order valence-electron chi connectivity index (χ2n) is 10.5. The monoisotopic (exact) mass is 514 g/mol. The molecule has 3 amide bonds. The van der Waals surface area contributed by atoms with Crippen molar-refractivity contribution in [1.82, 2.24) is 9.80 Å². The van der Waals surface area contributed by atoms with Crippen LogP contribution in [0.5, 0.6) is 5.75 Å². The van der Waals surface area contributed by atoms with Gasteiger partial charge in [-0.05, 0) is 56.5 Å². The van der Waals surface area contributed by atoms with Gasteiger partial charge < -0.3 is 26.2 Å². The lowest BCUT2D eigenvalue weighted by atomic mass is 9.52. The highest BCUT2D eigenvalue weighted by Crippen LogP contribution is 2.51. The Morgan fingerprint density at radius 1 is 1.05 bits per heavy atom. The van der Waals surface area contributed by atoms with Gasteiger partial charge in [0.1, 0.15) is 5.75 Å². The van der Waals surface area contributed by atoms with Gasteiger partial charge in [0, 0.05) is 25.9 Å². The van der Waals surface area contributed by atoms with Crippen LogP contribution in [0.1, 0.15) is 17.5 Å². The third-order valence-corrected chi connectivity index (χ3v) is 7.95. The van der Waals surface area contributed by atoms with E-state index in [1.54, 1.807) is 20.2 Å². The fourth-order valence-corrected chi connectivity index (χ4v) is 6.17. The predicted molar refractivity (Wildman–Crippen MR) is 128 cm³/mol. The van der Waals surface area contributed by atoms with Crippen LogP contribution in [0.3, 0.4) is 0 Å². The molecule has 0 heterocycles. The van der Waals surface area contributed by atoms with E-state index in [2.05, 4.69) is 5.32 Å². The Kier molecular flexibility index (Phi) is 6.45. The Morgan fingerprint density at radius 2 is 1.70 bits per heavy atom. The molecule has 12 heteroatoms. The molecule has 0 saturated heterocycles. The molecule has 2 fully saturated rings. The van der Waals surface area contributed by atoms with E-state index >= 15 is 0 Å². The third kappa shape index (κ3) is 3.91. The van der Waals surface area contributed by atoms with Crippen molar-refractivity contribution in [2.24, 2.45) is 29.4 Å². The van der Waals surface area contributed by atoms with Crippen LogP contribution in [0.2, 0.25) is 0 Å². The molecule has 1 aromatic rings. The predicted octanol–water partition coefficient (Wildman–Crippen LogP) is -1.75. The lowest BCUT2D eigenvalue weighted by Gasteiger charge is -2.53. The fraction of sp³-hybridized carbons (Fsp3) is 0.520. The number of nitrogens with one attached hydrogen (secondary N) is 1. The lowest BCUT2D eigenvalue weighted by Crippen LogP contribution is -2.73. The van der Waals surface area contributed by atoms with Crippen LogP contribution in [-0.2, 0) is 41.6 Å². The average molecular weight is 515 g/mol. The lowest BCUT2D eigenvalue weighted by molar-refractivity contribution is -0.183. The molecule has 37 heavy (non-hydrogen) atoms. The number of benzene rings is 1. The van der Waals surface area contributed by atoms with Gasteiger partial charge in [-0.25, -0.2) is 0 Å². The van der Waals surface area contributed by atoms with E-state index in [0.717, 1.165) is 4.90 Å². The normalized spacial score (nSPS) is 30.8. The number of rotatable bonds is 3. The SMILES string of the molecule is CN(C)C(=O)C(=O)Nc1ccc2c(c1O)CC1C(=O)C3(O)C(=O)C(C(N)=O)C(=O)[C@@H](N(C)C)C3CC1C2. The highest BCUT2D eigenvalue weighted by molar-refractivity contribution is 6.39. The number of hydrogen-bond acceptors (Lipinski definition) is 9. The minimum Gasteiger partial charge on any atom is -0.505 e. The number of phenolic OH excluding ortho intramolecular Hbond substituents is 1. The first-order valence-electron chi connectivity index (χ1n) is 11.9. The van der Waals surface area contributed by atoms with E-state index in [-0.39, 0.29) is 30.2 Å². The summed E-state index contributed by atoms with van der Waals surface area (Å²) >= 11 is 0. The molecule has 3 aliphatic rings.